The average Bonchev–Trinajstić information content (AvgIpc) is 3.04. The zero-order chi connectivity index (χ0) is 19.2. The van der Waals surface area contributed by atoms with E-state index in [0.717, 1.165) is 12.1 Å². The third-order valence-electron chi connectivity index (χ3n) is 3.72. The van der Waals surface area contributed by atoms with Crippen molar-refractivity contribution in [2.45, 2.75) is 0 Å². The van der Waals surface area contributed by atoms with Crippen LogP contribution in [0.25, 0.3) is 21.8 Å². The summed E-state index contributed by atoms with van der Waals surface area (Å²) in [5.74, 6) is -1.89. The van der Waals surface area contributed by atoms with Crippen LogP contribution in [0.1, 0.15) is 31.3 Å². The summed E-state index contributed by atoms with van der Waals surface area (Å²) >= 11 is 0. The summed E-state index contributed by atoms with van der Waals surface area (Å²) in [6.07, 6.45) is 0. The molecule has 3 aromatic rings. The maximum Gasteiger partial charge on any atom is 1.00 e. The molecule has 0 aliphatic heterocycles. The van der Waals surface area contributed by atoms with Crippen LogP contribution in [0.2, 0.25) is 0 Å². The Bertz CT molecular complexity index is 1330. The van der Waals surface area contributed by atoms with Crippen LogP contribution in [0.5, 0.6) is 0 Å². The maximum absolute atomic E-state index is 11.6. The van der Waals surface area contributed by atoms with Crippen molar-refractivity contribution in [2.24, 2.45) is 0 Å². The fraction of sp³-hybridized carbons (Fsp3) is 0. The van der Waals surface area contributed by atoms with E-state index in [1.165, 1.54) is 11.9 Å². The minimum atomic E-state index is -1.64. The van der Waals surface area contributed by atoms with Crippen LogP contribution in [0.15, 0.2) is 12.1 Å². The van der Waals surface area contributed by atoms with E-state index in [2.05, 4.69) is 9.97 Å². The molecule has 0 aliphatic rings. The van der Waals surface area contributed by atoms with Gasteiger partial charge in [-0.05, 0) is 12.1 Å². The van der Waals surface area contributed by atoms with Gasteiger partial charge in [0.25, 0.3) is 0 Å². The van der Waals surface area contributed by atoms with Gasteiger partial charge in [0.05, 0.1) is 33.5 Å². The number of carboxylic acids is 3. The van der Waals surface area contributed by atoms with E-state index in [9.17, 15) is 34.2 Å². The van der Waals surface area contributed by atoms with Crippen molar-refractivity contribution in [1.82, 2.24) is 9.97 Å². The molecule has 0 spiro atoms. The molecule has 0 atom stereocenters. The van der Waals surface area contributed by atoms with Crippen molar-refractivity contribution < 1.29 is 58.2 Å². The van der Waals surface area contributed by atoms with E-state index in [1.807, 2.05) is 0 Å². The molecule has 0 amide bonds. The summed E-state index contributed by atoms with van der Waals surface area (Å²) in [5, 5.41) is 28.3. The van der Waals surface area contributed by atoms with Crippen LogP contribution in [-0.2, 0) is 9.59 Å². The van der Waals surface area contributed by atoms with Crippen molar-refractivity contribution in [1.29, 1.82) is 0 Å². The molecular formula is C16H5LiN2O8. The smallest absolute Gasteiger partial charge is 0.543 e. The predicted octanol–water partition coefficient (Wildman–Crippen LogP) is -5.51. The van der Waals surface area contributed by atoms with E-state index >= 15 is 0 Å². The summed E-state index contributed by atoms with van der Waals surface area (Å²) in [5.41, 5.74) is -2.31. The summed E-state index contributed by atoms with van der Waals surface area (Å²) in [6, 6.07) is 1.73. The Morgan fingerprint density at radius 1 is 1.04 bits per heavy atom. The number of aromatic amines is 1. The molecule has 0 unspecified atom stereocenters. The number of aromatic carboxylic acids is 3. The van der Waals surface area contributed by atoms with E-state index in [1.54, 1.807) is 0 Å². The number of nitrogens with zero attached hydrogens (tertiary/aromatic N) is 1. The van der Waals surface area contributed by atoms with Gasteiger partial charge in [0.1, 0.15) is 22.8 Å². The number of hydrogen-bond acceptors (Lipinski definition) is 7. The molecule has 0 saturated heterocycles. The molecule has 10 nitrogen and oxygen atoms in total. The molecular weight excluding hydrogens is 355 g/mol. The largest absolute Gasteiger partial charge is 1.00 e. The van der Waals surface area contributed by atoms with E-state index < -0.39 is 50.8 Å². The van der Waals surface area contributed by atoms with Gasteiger partial charge in [-0.15, -0.1) is 0 Å². The number of nitrogens with one attached hydrogen (secondary N) is 1. The summed E-state index contributed by atoms with van der Waals surface area (Å²) < 4.78 is 0. The first-order valence-corrected chi connectivity index (χ1v) is 6.77. The molecule has 0 fully saturated rings. The number of H-pyrrole nitrogens is 1. The fourth-order valence-electron chi connectivity index (χ4n) is 2.67. The first-order valence-electron chi connectivity index (χ1n) is 6.77. The molecule has 0 bridgehead atoms. The van der Waals surface area contributed by atoms with E-state index in [-0.39, 0.29) is 35.1 Å². The van der Waals surface area contributed by atoms with Crippen molar-refractivity contribution >= 4 is 51.6 Å². The zero-order valence-corrected chi connectivity index (χ0v) is 13.4. The van der Waals surface area contributed by atoms with Crippen LogP contribution < -0.4 is 34.4 Å². The molecule has 0 saturated carbocycles. The molecule has 2 aromatic heterocycles. The second kappa shape index (κ2) is 6.92. The molecule has 0 aliphatic carbocycles. The number of pyridine rings is 1. The zero-order valence-electron chi connectivity index (χ0n) is 13.4. The van der Waals surface area contributed by atoms with Crippen molar-refractivity contribution in [2.75, 3.05) is 0 Å². The Morgan fingerprint density at radius 2 is 1.67 bits per heavy atom. The number of carbonyl (C=O) groups is 3. The molecule has 27 heavy (non-hydrogen) atoms. The van der Waals surface area contributed by atoms with Crippen LogP contribution in [0.3, 0.4) is 0 Å². The third kappa shape index (κ3) is 2.91. The number of aromatic nitrogens is 2. The summed E-state index contributed by atoms with van der Waals surface area (Å²) in [6.45, 7) is 0. The van der Waals surface area contributed by atoms with Gasteiger partial charge in [0.2, 0.25) is 0 Å². The van der Waals surface area contributed by atoms with Gasteiger partial charge in [0.15, 0.2) is 0 Å². The molecule has 1 aromatic carbocycles. The molecule has 3 N–H and O–H groups in total. The van der Waals surface area contributed by atoms with Crippen LogP contribution >= 0.6 is 0 Å². The SMILES string of the molecule is O=C=c1c(=C=O)c2nc(C(=O)O)cc(C(=O)O)c2c2[nH]c(C(=O)[O-])cc12.[Li+]. The van der Waals surface area contributed by atoms with Gasteiger partial charge >= 0.3 is 30.8 Å². The molecule has 0 radical (unpaired) electrons. The number of carboxylic acid groups (broad SMARTS) is 3. The Kier molecular flexibility index (Phi) is 5.04. The quantitative estimate of drug-likeness (QED) is 0.384. The fourth-order valence-corrected chi connectivity index (χ4v) is 2.67. The van der Waals surface area contributed by atoms with Crippen molar-refractivity contribution in [3.8, 4) is 0 Å². The topological polar surface area (TPSA) is 178 Å². The van der Waals surface area contributed by atoms with Gasteiger partial charge in [0, 0.05) is 10.8 Å². The summed E-state index contributed by atoms with van der Waals surface area (Å²) in [7, 11) is 0. The van der Waals surface area contributed by atoms with Crippen molar-refractivity contribution in [3.63, 3.8) is 0 Å². The Labute approximate surface area is 159 Å². The average molecular weight is 360 g/mol. The Morgan fingerprint density at radius 3 is 2.15 bits per heavy atom. The van der Waals surface area contributed by atoms with Gasteiger partial charge in [-0.2, -0.15) is 0 Å². The van der Waals surface area contributed by atoms with Crippen LogP contribution in [0, 0.1) is 0 Å². The minimum Gasteiger partial charge on any atom is -0.543 e. The monoisotopic (exact) mass is 360 g/mol. The second-order valence-electron chi connectivity index (χ2n) is 5.10. The molecule has 128 valence electrons. The Hall–Kier alpha value is -3.66. The summed E-state index contributed by atoms with van der Waals surface area (Å²) in [4.78, 5) is 62.7. The normalized spacial score (nSPS) is 10.1. The third-order valence-corrected chi connectivity index (χ3v) is 3.72. The van der Waals surface area contributed by atoms with Gasteiger partial charge in [-0.3, -0.25) is 0 Å². The number of carbonyl (C=O) groups excluding carboxylic acids is 3. The van der Waals surface area contributed by atoms with Gasteiger partial charge in [-0.25, -0.2) is 24.2 Å². The standard InChI is InChI=1S/C16H6N2O8.Li/c19-3-7-5-1-9(15(23)24)17-12(5)11-6(14(21)22)2-10(16(25)26)18-13(11)8(7)4-20;/h1-2,17H,(H,21,22)(H,23,24)(H,25,26);/q;+1/p-1. The Balaban J connectivity index is 0.00000261. The molecule has 3 rings (SSSR count). The maximum atomic E-state index is 11.6. The van der Waals surface area contributed by atoms with Crippen LogP contribution in [-0.4, -0.2) is 50.0 Å². The second-order valence-corrected chi connectivity index (χ2v) is 5.10. The minimum absolute atomic E-state index is 0. The number of benzene rings is 1. The number of hydrogen-bond donors (Lipinski definition) is 3. The van der Waals surface area contributed by atoms with E-state index in [0.29, 0.717) is 0 Å². The first-order chi connectivity index (χ1) is 12.3. The van der Waals surface area contributed by atoms with Crippen molar-refractivity contribution in [3.05, 3.63) is 39.5 Å². The number of fused-ring (bicyclic) bond motifs is 3. The molecule has 2 heterocycles. The van der Waals surface area contributed by atoms with Gasteiger partial charge < -0.3 is 25.1 Å². The van der Waals surface area contributed by atoms with Gasteiger partial charge in [-0.1, -0.05) is 0 Å². The van der Waals surface area contributed by atoms with E-state index in [4.69, 9.17) is 5.11 Å². The predicted molar refractivity (Wildman–Crippen MR) is 80.7 cm³/mol. The first kappa shape index (κ1) is 19.7. The number of rotatable bonds is 3. The molecule has 11 heteroatoms. The van der Waals surface area contributed by atoms with Crippen LogP contribution in [0.4, 0.5) is 0 Å².